The fourth-order valence-electron chi connectivity index (χ4n) is 13.3. The molecule has 464 valence electrons. The molecule has 0 bridgehead atoms. The summed E-state index contributed by atoms with van der Waals surface area (Å²) >= 11 is 0. The van der Waals surface area contributed by atoms with Crippen LogP contribution in [0.25, 0.3) is 111 Å². The maximum atomic E-state index is 2.37. The second-order valence-electron chi connectivity index (χ2n) is 24.4. The van der Waals surface area contributed by atoms with Crippen LogP contribution in [0.4, 0.5) is 34.1 Å². The fraction of sp³-hybridized carbons (Fsp3) is 0. The maximum Gasteiger partial charge on any atom is 0.0468 e. The minimum absolute atomic E-state index is 1.09. The highest BCUT2D eigenvalue weighted by Crippen LogP contribution is 2.46. The topological polar surface area (TPSA) is 6.48 Å². The van der Waals surface area contributed by atoms with Crippen LogP contribution in [0.15, 0.2) is 425 Å². The van der Waals surface area contributed by atoms with Crippen molar-refractivity contribution < 1.29 is 0 Å². The lowest BCUT2D eigenvalue weighted by molar-refractivity contribution is 1.28. The molecular weight excluding hydrogens is 1180 g/mol. The first kappa shape index (κ1) is 61.3. The summed E-state index contributed by atoms with van der Waals surface area (Å²) < 4.78 is 0. The molecular formula is C96H70N2. The lowest BCUT2D eigenvalue weighted by Crippen LogP contribution is -2.10. The first-order chi connectivity index (χ1) is 48.6. The van der Waals surface area contributed by atoms with E-state index in [1.54, 1.807) is 0 Å². The van der Waals surface area contributed by atoms with Crippen LogP contribution in [0.3, 0.4) is 0 Å². The van der Waals surface area contributed by atoms with Gasteiger partial charge >= 0.3 is 0 Å². The van der Waals surface area contributed by atoms with Crippen LogP contribution in [-0.4, -0.2) is 0 Å². The first-order valence-corrected chi connectivity index (χ1v) is 33.5. The van der Waals surface area contributed by atoms with Crippen LogP contribution in [0, 0.1) is 0 Å². The Balaban J connectivity index is 0.000000160. The average Bonchev–Trinajstić information content (AvgIpc) is 0.793. The molecule has 0 heterocycles. The number of hydrogen-bond donors (Lipinski definition) is 0. The molecule has 2 nitrogen and oxygen atoms in total. The van der Waals surface area contributed by atoms with Gasteiger partial charge in [0.25, 0.3) is 0 Å². The summed E-state index contributed by atoms with van der Waals surface area (Å²) in [6.07, 6.45) is 0. The molecule has 0 saturated heterocycles. The van der Waals surface area contributed by atoms with Crippen molar-refractivity contribution >= 4 is 34.1 Å². The van der Waals surface area contributed by atoms with Gasteiger partial charge in [-0.25, -0.2) is 0 Å². The number of anilines is 6. The third kappa shape index (κ3) is 13.7. The predicted octanol–water partition coefficient (Wildman–Crippen LogP) is 27.0. The minimum atomic E-state index is 1.09. The first-order valence-electron chi connectivity index (χ1n) is 33.5. The molecule has 0 aliphatic rings. The van der Waals surface area contributed by atoms with Crippen LogP contribution in [0.1, 0.15) is 0 Å². The van der Waals surface area contributed by atoms with Gasteiger partial charge < -0.3 is 9.80 Å². The summed E-state index contributed by atoms with van der Waals surface area (Å²) in [6.45, 7) is 0. The Hall–Kier alpha value is -12.9. The summed E-state index contributed by atoms with van der Waals surface area (Å²) in [5.74, 6) is 0. The number of hydrogen-bond acceptors (Lipinski definition) is 2. The highest BCUT2D eigenvalue weighted by Gasteiger charge is 2.21. The highest BCUT2D eigenvalue weighted by molar-refractivity contribution is 5.96. The number of nitrogens with zero attached hydrogens (tertiary/aromatic N) is 2. The molecule has 16 aromatic carbocycles. The third-order valence-electron chi connectivity index (χ3n) is 18.2. The van der Waals surface area contributed by atoms with E-state index in [0.717, 1.165) is 34.1 Å². The summed E-state index contributed by atoms with van der Waals surface area (Å²) in [4.78, 5) is 4.73. The minimum Gasteiger partial charge on any atom is -0.310 e. The highest BCUT2D eigenvalue weighted by atomic mass is 15.1. The zero-order valence-corrected chi connectivity index (χ0v) is 54.3. The van der Waals surface area contributed by atoms with E-state index in [4.69, 9.17) is 0 Å². The molecule has 2 heteroatoms. The second-order valence-corrected chi connectivity index (χ2v) is 24.4. The smallest absolute Gasteiger partial charge is 0.0468 e. The van der Waals surface area contributed by atoms with Crippen molar-refractivity contribution in [2.75, 3.05) is 9.80 Å². The van der Waals surface area contributed by atoms with E-state index in [2.05, 4.69) is 434 Å². The van der Waals surface area contributed by atoms with Crippen molar-refractivity contribution in [3.63, 3.8) is 0 Å². The van der Waals surface area contributed by atoms with E-state index in [9.17, 15) is 0 Å². The van der Waals surface area contributed by atoms with Gasteiger partial charge in [-0.15, -0.1) is 0 Å². The van der Waals surface area contributed by atoms with E-state index in [1.807, 2.05) is 0 Å². The van der Waals surface area contributed by atoms with Crippen LogP contribution in [-0.2, 0) is 0 Å². The molecule has 0 aliphatic carbocycles. The van der Waals surface area contributed by atoms with Gasteiger partial charge in [-0.3, -0.25) is 0 Å². The molecule has 0 radical (unpaired) electrons. The molecule has 0 fully saturated rings. The number of benzene rings is 16. The Morgan fingerprint density at radius 2 is 0.316 bits per heavy atom. The lowest BCUT2D eigenvalue weighted by Gasteiger charge is -2.27. The quantitative estimate of drug-likeness (QED) is 0.0951. The molecule has 0 aromatic heterocycles. The average molecular weight is 1250 g/mol. The van der Waals surface area contributed by atoms with Crippen molar-refractivity contribution in [2.45, 2.75) is 0 Å². The molecule has 0 N–H and O–H groups in total. The van der Waals surface area contributed by atoms with Crippen molar-refractivity contribution in [2.24, 2.45) is 0 Å². The van der Waals surface area contributed by atoms with Crippen molar-refractivity contribution in [3.05, 3.63) is 425 Å². The third-order valence-corrected chi connectivity index (χ3v) is 18.2. The zero-order chi connectivity index (χ0) is 65.7. The molecule has 98 heavy (non-hydrogen) atoms. The summed E-state index contributed by atoms with van der Waals surface area (Å²) in [5, 5.41) is 0. The lowest BCUT2D eigenvalue weighted by atomic mass is 9.89. The van der Waals surface area contributed by atoms with Gasteiger partial charge in [0, 0.05) is 34.1 Å². The molecule has 0 aliphatic heterocycles. The van der Waals surface area contributed by atoms with Gasteiger partial charge in [-0.2, -0.15) is 0 Å². The summed E-state index contributed by atoms with van der Waals surface area (Å²) in [7, 11) is 0. The Kier molecular flexibility index (Phi) is 18.3. The Morgan fingerprint density at radius 1 is 0.102 bits per heavy atom. The van der Waals surface area contributed by atoms with Crippen LogP contribution in [0.2, 0.25) is 0 Å². The van der Waals surface area contributed by atoms with Gasteiger partial charge in [0.05, 0.1) is 0 Å². The fourth-order valence-corrected chi connectivity index (χ4v) is 13.3. The zero-order valence-electron chi connectivity index (χ0n) is 54.3. The van der Waals surface area contributed by atoms with Gasteiger partial charge in [-0.05, 0) is 190 Å². The van der Waals surface area contributed by atoms with Crippen molar-refractivity contribution in [1.82, 2.24) is 0 Å². The maximum absolute atomic E-state index is 2.37. The Labute approximate surface area is 576 Å². The van der Waals surface area contributed by atoms with Crippen LogP contribution in [0.5, 0.6) is 0 Å². The molecule has 0 atom stereocenters. The molecule has 0 spiro atoms. The van der Waals surface area contributed by atoms with Crippen molar-refractivity contribution in [3.8, 4) is 111 Å². The van der Waals surface area contributed by atoms with Gasteiger partial charge in [0.15, 0.2) is 0 Å². The second kappa shape index (κ2) is 29.2. The Bertz CT molecular complexity index is 5060. The Morgan fingerprint density at radius 3 is 0.643 bits per heavy atom. The van der Waals surface area contributed by atoms with E-state index < -0.39 is 0 Å². The van der Waals surface area contributed by atoms with E-state index >= 15 is 0 Å². The standard InChI is InChI=1S/2C48H35N/c1-5-15-36(16-6-1)38-25-29-42(30-26-38)49(43-31-27-39(28-32-43)37-17-7-2-8-18-37)44-33-34-46(41-21-11-4-12-22-41)48(35-44)47-24-14-13-23-45(47)40-19-9-3-10-20-40;1-5-14-36(15-6-1)39-24-28-44(29-25-39)49(45-30-26-40(27-31-45)37-16-7-2-8-17-37)46-32-33-47(41-20-11-4-12-21-41)48(35-46)43-23-13-22-42(34-43)38-18-9-3-10-19-38/h2*1-35H. The molecule has 0 unspecified atom stereocenters. The normalized spacial score (nSPS) is 10.9. The molecule has 0 amide bonds. The van der Waals surface area contributed by atoms with Crippen LogP contribution < -0.4 is 9.80 Å². The molecule has 16 rings (SSSR count). The summed E-state index contributed by atoms with van der Waals surface area (Å²) in [5.41, 5.74) is 30.6. The van der Waals surface area contributed by atoms with E-state index in [0.29, 0.717) is 0 Å². The largest absolute Gasteiger partial charge is 0.310 e. The summed E-state index contributed by atoms with van der Waals surface area (Å²) in [6, 6.07) is 152. The molecule has 0 saturated carbocycles. The van der Waals surface area contributed by atoms with Gasteiger partial charge in [0.1, 0.15) is 0 Å². The van der Waals surface area contributed by atoms with Gasteiger partial charge in [0.2, 0.25) is 0 Å². The monoisotopic (exact) mass is 1250 g/mol. The van der Waals surface area contributed by atoms with E-state index in [1.165, 1.54) is 111 Å². The number of rotatable bonds is 16. The van der Waals surface area contributed by atoms with Crippen LogP contribution >= 0.6 is 0 Å². The van der Waals surface area contributed by atoms with Gasteiger partial charge in [-0.1, -0.05) is 346 Å². The van der Waals surface area contributed by atoms with E-state index in [-0.39, 0.29) is 0 Å². The SMILES string of the molecule is c1ccc(-c2ccc(N(c3ccc(-c4ccccc4)cc3)c3ccc(-c4ccccc4)c(-c4cccc(-c5ccccc5)c4)c3)cc2)cc1.c1ccc(-c2ccc(N(c3ccc(-c4ccccc4)cc3)c3ccc(-c4ccccc4)c(-c4ccccc4-c4ccccc4)c3)cc2)cc1. The van der Waals surface area contributed by atoms with Crippen molar-refractivity contribution in [1.29, 1.82) is 0 Å². The molecule has 16 aromatic rings. The predicted molar refractivity (Wildman–Crippen MR) is 417 cm³/mol.